The van der Waals surface area contributed by atoms with Crippen LogP contribution >= 0.6 is 71.0 Å². The molecule has 0 bridgehead atoms. The zero-order valence-corrected chi connectivity index (χ0v) is 14.9. The Hall–Kier alpha value is 3.84. The van der Waals surface area contributed by atoms with E-state index < -0.39 is 4.00 Å². The zero-order valence-electron chi connectivity index (χ0n) is 2.22. The van der Waals surface area contributed by atoms with E-state index in [9.17, 15) is 0 Å². The van der Waals surface area contributed by atoms with Gasteiger partial charge in [0, 0.05) is 0 Å². The number of halogens is 4. The van der Waals surface area contributed by atoms with Gasteiger partial charge in [-0.15, -0.1) is 0 Å². The molecule has 5 heteroatoms. The van der Waals surface area contributed by atoms with Gasteiger partial charge in [0.05, 0.1) is 0 Å². The van der Waals surface area contributed by atoms with Crippen molar-refractivity contribution in [2.75, 3.05) is 0 Å². The molecule has 0 aromatic rings. The molecular weight excluding hydrogens is 620 g/mol. The average molecular weight is 620 g/mol. The van der Waals surface area contributed by atoms with Gasteiger partial charge in [-0.25, -0.2) is 0 Å². The van der Waals surface area contributed by atoms with Crippen LogP contribution in [0.25, 0.3) is 0 Å². The van der Waals surface area contributed by atoms with Gasteiger partial charge >= 0.3 is 75.0 Å². The van der Waals surface area contributed by atoms with Crippen molar-refractivity contribution in [3.8, 4) is 0 Å². The summed E-state index contributed by atoms with van der Waals surface area (Å²) in [4.78, 5) is 0. The second-order valence-electron chi connectivity index (χ2n) is 0.606. The van der Waals surface area contributed by atoms with E-state index in [4.69, 9.17) is 0 Å². The third-order valence-electron chi connectivity index (χ3n) is 0. The van der Waals surface area contributed by atoms with Crippen molar-refractivity contribution in [1.29, 1.82) is 0 Å². The molecule has 0 aromatic carbocycles. The number of hydrogen-bond acceptors (Lipinski definition) is 0. The Kier molecular flexibility index (Phi) is 6.70. The van der Waals surface area contributed by atoms with Gasteiger partial charge in [-0.1, -0.05) is 0 Å². The SMILES string of the molecule is [I][Cd-2]([I])([I])[I]. The molecule has 0 aliphatic rings. The molecule has 0 aliphatic carbocycles. The molecule has 0 fully saturated rings. The Labute approximate surface area is 72.1 Å². The normalized spacial score (nSPS) is 12.0. The van der Waals surface area contributed by atoms with Crippen LogP contribution in [0.1, 0.15) is 0 Å². The van der Waals surface area contributed by atoms with Gasteiger partial charge in [-0.2, -0.15) is 0 Å². The van der Waals surface area contributed by atoms with Crippen molar-refractivity contribution in [3.63, 3.8) is 0 Å². The van der Waals surface area contributed by atoms with Crippen molar-refractivity contribution in [1.82, 2.24) is 0 Å². The fraction of sp³-hybridized carbons (Fsp3) is 0. The maximum atomic E-state index is 2.57. The molecule has 0 unspecified atom stereocenters. The summed E-state index contributed by atoms with van der Waals surface area (Å²) in [6, 6.07) is 0. The summed E-state index contributed by atoms with van der Waals surface area (Å²) in [5.41, 5.74) is 0. The molecule has 0 nitrogen and oxygen atoms in total. The molecule has 32 valence electrons. The van der Waals surface area contributed by atoms with Gasteiger partial charge in [0.1, 0.15) is 0 Å². The summed E-state index contributed by atoms with van der Waals surface area (Å²) in [6.45, 7) is 0. The molecule has 0 radical (unpaired) electrons. The van der Waals surface area contributed by atoms with E-state index in [0.29, 0.717) is 0 Å². The molecule has 0 saturated heterocycles. The summed E-state index contributed by atoms with van der Waals surface area (Å²) in [6.07, 6.45) is 0. The van der Waals surface area contributed by atoms with Crippen molar-refractivity contribution in [2.45, 2.75) is 0 Å². The number of rotatable bonds is 0. The van der Waals surface area contributed by atoms with Gasteiger partial charge < -0.3 is 0 Å². The van der Waals surface area contributed by atoms with Gasteiger partial charge in [-0.3, -0.25) is 0 Å². The fourth-order valence-corrected chi connectivity index (χ4v) is 0. The third-order valence-corrected chi connectivity index (χ3v) is 0. The first kappa shape index (κ1) is 8.84. The summed E-state index contributed by atoms with van der Waals surface area (Å²) < 4.78 is -1.46. The van der Waals surface area contributed by atoms with Gasteiger partial charge in [0.25, 0.3) is 0 Å². The first-order valence-electron chi connectivity index (χ1n) is 1.07. The van der Waals surface area contributed by atoms with Crippen molar-refractivity contribution in [3.05, 3.63) is 0 Å². The van der Waals surface area contributed by atoms with Crippen molar-refractivity contribution >= 4 is 71.0 Å². The monoisotopic (exact) mass is 622 g/mol. The molecular formula is CdI4-2. The quantitative estimate of drug-likeness (QED) is 0.288. The van der Waals surface area contributed by atoms with Crippen LogP contribution in [0.3, 0.4) is 0 Å². The summed E-state index contributed by atoms with van der Waals surface area (Å²) in [5, 5.41) is 0. The van der Waals surface area contributed by atoms with E-state index in [2.05, 4.69) is 71.0 Å². The molecule has 0 aromatic heterocycles. The molecule has 0 spiro atoms. The van der Waals surface area contributed by atoms with Crippen molar-refractivity contribution in [2.24, 2.45) is 0 Å². The Balaban J connectivity index is 3.02. The second kappa shape index (κ2) is 3.79. The van der Waals surface area contributed by atoms with Gasteiger partial charge in [-0.05, 0) is 0 Å². The van der Waals surface area contributed by atoms with E-state index in [1.165, 1.54) is 0 Å². The first-order chi connectivity index (χ1) is 2.00. The van der Waals surface area contributed by atoms with E-state index in [1.807, 2.05) is 0 Å². The van der Waals surface area contributed by atoms with Crippen LogP contribution in [0.4, 0.5) is 0 Å². The van der Waals surface area contributed by atoms with Crippen LogP contribution in [0.15, 0.2) is 0 Å². The summed E-state index contributed by atoms with van der Waals surface area (Å²) in [5.74, 6) is 0. The van der Waals surface area contributed by atoms with Gasteiger partial charge in [0.2, 0.25) is 0 Å². The van der Waals surface area contributed by atoms with Crippen LogP contribution in [-0.2, 0) is 4.00 Å². The summed E-state index contributed by atoms with van der Waals surface area (Å²) in [7, 11) is 0. The average Bonchev–Trinajstić information content (AvgIpc) is 0.722. The zero-order chi connectivity index (χ0) is 4.50. The Morgan fingerprint density at radius 3 is 0.800 bits per heavy atom. The van der Waals surface area contributed by atoms with E-state index in [0.717, 1.165) is 0 Å². The molecule has 0 atom stereocenters. The Morgan fingerprint density at radius 2 is 0.800 bits per heavy atom. The molecule has 0 saturated carbocycles. The van der Waals surface area contributed by atoms with Crippen LogP contribution in [-0.4, -0.2) is 0 Å². The van der Waals surface area contributed by atoms with Crippen LogP contribution in [0, 0.1) is 0 Å². The van der Waals surface area contributed by atoms with E-state index >= 15 is 0 Å². The predicted octanol–water partition coefficient (Wildman–Crippen LogP) is 3.54. The standard InChI is InChI=1S/Cd.4HI/h;4*1H/q+2;;;;/p-4. The molecule has 0 amide bonds. The molecule has 0 heterocycles. The Morgan fingerprint density at radius 1 is 0.800 bits per heavy atom. The van der Waals surface area contributed by atoms with Crippen LogP contribution in [0.5, 0.6) is 0 Å². The first-order valence-corrected chi connectivity index (χ1v) is 48.1. The van der Waals surface area contributed by atoms with E-state index in [-0.39, 0.29) is 0 Å². The summed E-state index contributed by atoms with van der Waals surface area (Å²) >= 11 is 10.3. The van der Waals surface area contributed by atoms with Crippen LogP contribution < -0.4 is 0 Å². The molecule has 0 aliphatic heterocycles. The molecule has 0 rings (SSSR count). The molecule has 5 heavy (non-hydrogen) atoms. The predicted molar refractivity (Wildman–Crippen MR) is 56.1 cm³/mol. The molecule has 0 N–H and O–H groups in total. The minimum absolute atomic E-state index is 1.46. The minimum atomic E-state index is -1.46. The van der Waals surface area contributed by atoms with E-state index in [1.54, 1.807) is 0 Å². The topological polar surface area (TPSA) is 0 Å². The van der Waals surface area contributed by atoms with Crippen molar-refractivity contribution < 1.29 is 4.00 Å². The van der Waals surface area contributed by atoms with Crippen LogP contribution in [0.2, 0.25) is 0 Å². The van der Waals surface area contributed by atoms with Gasteiger partial charge in [0.15, 0.2) is 0 Å². The Bertz CT molecular complexity index is 19.1. The second-order valence-corrected chi connectivity index (χ2v) is 183. The fourth-order valence-electron chi connectivity index (χ4n) is 0. The maximum absolute atomic E-state index is 2.57. The third kappa shape index (κ3) is 18.1. The number of hydrogen-bond donors (Lipinski definition) is 0.